The van der Waals surface area contributed by atoms with E-state index in [9.17, 15) is 18.0 Å². The van der Waals surface area contributed by atoms with Crippen LogP contribution < -0.4 is 10.6 Å². The molecule has 0 unspecified atom stereocenters. The second-order valence-corrected chi connectivity index (χ2v) is 10.2. The van der Waals surface area contributed by atoms with E-state index in [4.69, 9.17) is 21.5 Å². The normalized spacial score (nSPS) is 13.3. The van der Waals surface area contributed by atoms with Crippen LogP contribution >= 0.6 is 11.6 Å². The zero-order valence-corrected chi connectivity index (χ0v) is 24.4. The van der Waals surface area contributed by atoms with E-state index in [2.05, 4.69) is 35.7 Å². The number of aryl methyl sites for hydroxylation is 1. The average Bonchev–Trinajstić information content (AvgIpc) is 3.63. The van der Waals surface area contributed by atoms with E-state index < -0.39 is 11.9 Å². The highest BCUT2D eigenvalue weighted by atomic mass is 35.5. The monoisotopic (exact) mass is 642 g/mol. The molecule has 45 heavy (non-hydrogen) atoms. The number of fused-ring (bicyclic) bond motifs is 1. The number of nitrogens with zero attached hydrogens (tertiary/aromatic N) is 8. The van der Waals surface area contributed by atoms with Gasteiger partial charge in [0.15, 0.2) is 17.2 Å². The lowest BCUT2D eigenvalue weighted by Crippen LogP contribution is -2.46. The quantitative estimate of drug-likeness (QED) is 0.232. The number of aromatic nitrogens is 7. The molecule has 1 saturated heterocycles. The molecule has 1 aromatic carbocycles. The molecule has 1 aliphatic heterocycles. The van der Waals surface area contributed by atoms with Crippen molar-refractivity contribution in [3.8, 4) is 11.3 Å². The maximum absolute atomic E-state index is 14.1. The van der Waals surface area contributed by atoms with E-state index in [-0.39, 0.29) is 46.7 Å². The number of carbonyl (C=O) groups is 2. The van der Waals surface area contributed by atoms with Crippen LogP contribution in [0, 0.1) is 6.92 Å². The van der Waals surface area contributed by atoms with Crippen LogP contribution in [-0.4, -0.2) is 82.7 Å². The molecule has 0 aliphatic carbocycles. The molecule has 0 saturated carbocycles. The van der Waals surface area contributed by atoms with Gasteiger partial charge in [-0.05, 0) is 31.2 Å². The summed E-state index contributed by atoms with van der Waals surface area (Å²) in [6, 6.07) is 6.63. The highest BCUT2D eigenvalue weighted by molar-refractivity contribution is 6.34. The second kappa shape index (κ2) is 13.3. The number of carboxylic acid groups (broad SMARTS) is 1. The number of hydrogen-bond donors (Lipinski definition) is 3. The topological polar surface area (TPSA) is 155 Å². The highest BCUT2D eigenvalue weighted by Crippen LogP contribution is 2.37. The Morgan fingerprint density at radius 2 is 1.91 bits per heavy atom. The summed E-state index contributed by atoms with van der Waals surface area (Å²) in [6.07, 6.45) is 2.44. The minimum Gasteiger partial charge on any atom is -0.483 e. The van der Waals surface area contributed by atoms with Crippen molar-refractivity contribution < 1.29 is 27.9 Å². The molecule has 0 radical (unpaired) electrons. The number of nitrogens with one attached hydrogen (secondary N) is 2. The van der Waals surface area contributed by atoms with Crippen LogP contribution in [0.25, 0.3) is 16.9 Å². The Labute approximate surface area is 258 Å². The predicted octanol–water partition coefficient (Wildman–Crippen LogP) is 3.90. The Morgan fingerprint density at radius 3 is 2.60 bits per heavy atom. The molecular formula is C28H26ClF3N10O3. The second-order valence-electron chi connectivity index (χ2n) is 9.78. The van der Waals surface area contributed by atoms with Crippen LogP contribution in [0.5, 0.6) is 0 Å². The molecule has 3 N–H and O–H groups in total. The molecule has 0 spiro atoms. The first-order chi connectivity index (χ1) is 21.6. The molecule has 5 aromatic rings. The van der Waals surface area contributed by atoms with E-state index >= 15 is 0 Å². The molecular weight excluding hydrogens is 617 g/mol. The van der Waals surface area contributed by atoms with E-state index in [1.165, 1.54) is 29.2 Å². The first kappa shape index (κ1) is 31.3. The molecule has 6 rings (SSSR count). The van der Waals surface area contributed by atoms with Crippen LogP contribution in [0.1, 0.15) is 27.6 Å². The van der Waals surface area contributed by atoms with Crippen molar-refractivity contribution in [1.82, 2.24) is 44.3 Å². The Balaban J connectivity index is 0.00000128. The van der Waals surface area contributed by atoms with Gasteiger partial charge in [0, 0.05) is 62.3 Å². The minimum atomic E-state index is -4.72. The number of alkyl halides is 3. The van der Waals surface area contributed by atoms with Crippen molar-refractivity contribution in [2.45, 2.75) is 19.6 Å². The largest absolute Gasteiger partial charge is 0.483 e. The number of hydrogen-bond acceptors (Lipinski definition) is 9. The van der Waals surface area contributed by atoms with Crippen molar-refractivity contribution in [1.29, 1.82) is 0 Å². The van der Waals surface area contributed by atoms with Gasteiger partial charge in [0.25, 0.3) is 12.4 Å². The number of anilines is 2. The summed E-state index contributed by atoms with van der Waals surface area (Å²) in [4.78, 5) is 40.1. The summed E-state index contributed by atoms with van der Waals surface area (Å²) in [5.74, 6) is 0.474. The minimum absolute atomic E-state index is 0.0379. The molecule has 234 valence electrons. The number of rotatable bonds is 6. The van der Waals surface area contributed by atoms with Crippen molar-refractivity contribution in [2.24, 2.45) is 0 Å². The zero-order chi connectivity index (χ0) is 32.1. The molecule has 4 aromatic heterocycles. The van der Waals surface area contributed by atoms with Gasteiger partial charge in [0.2, 0.25) is 0 Å². The van der Waals surface area contributed by atoms with E-state index in [1.807, 2.05) is 0 Å². The maximum atomic E-state index is 14.1. The third-order valence-electron chi connectivity index (χ3n) is 6.75. The summed E-state index contributed by atoms with van der Waals surface area (Å²) in [7, 11) is 0. The lowest BCUT2D eigenvalue weighted by molar-refractivity contribution is -0.141. The standard InChI is InChI=1S/C27H24ClF3N10O.CH2O2/c1-16-4-5-33-22(36-16)15-40-14-19(23(38-40)27(29,30)31)21-13-35-25-24(34-8-11-41(21)25)37-17-2-3-18(20(28)12-17)26(42)39-9-6-32-7-10-39;2-1-3/h2-5,8,11-14,32H,6-7,9-10,15H2,1H3,(H,34,37);1H,(H,2,3). The van der Waals surface area contributed by atoms with E-state index in [0.717, 1.165) is 17.8 Å². The van der Waals surface area contributed by atoms with E-state index in [0.29, 0.717) is 35.9 Å². The van der Waals surface area contributed by atoms with Gasteiger partial charge in [-0.25, -0.2) is 19.9 Å². The summed E-state index contributed by atoms with van der Waals surface area (Å²) >= 11 is 6.47. The molecule has 13 nitrogen and oxygen atoms in total. The summed E-state index contributed by atoms with van der Waals surface area (Å²) < 4.78 is 44.9. The fourth-order valence-corrected chi connectivity index (χ4v) is 5.03. The Hall–Kier alpha value is -5.09. The molecule has 0 bridgehead atoms. The van der Waals surface area contributed by atoms with Gasteiger partial charge in [-0.1, -0.05) is 11.6 Å². The average molecular weight is 643 g/mol. The predicted molar refractivity (Wildman–Crippen MR) is 157 cm³/mol. The smallest absolute Gasteiger partial charge is 0.435 e. The van der Waals surface area contributed by atoms with Gasteiger partial charge in [-0.2, -0.15) is 18.3 Å². The number of imidazole rings is 1. The Morgan fingerprint density at radius 1 is 1.16 bits per heavy atom. The molecule has 1 amide bonds. The lowest BCUT2D eigenvalue weighted by atomic mass is 10.1. The summed E-state index contributed by atoms with van der Waals surface area (Å²) in [5, 5.41) is 17.3. The summed E-state index contributed by atoms with van der Waals surface area (Å²) in [5.41, 5.74) is 0.856. The first-order valence-electron chi connectivity index (χ1n) is 13.5. The van der Waals surface area contributed by atoms with E-state index in [1.54, 1.807) is 42.3 Å². The lowest BCUT2D eigenvalue weighted by Gasteiger charge is -2.27. The van der Waals surface area contributed by atoms with Gasteiger partial charge in [0.1, 0.15) is 12.4 Å². The third-order valence-corrected chi connectivity index (χ3v) is 7.06. The van der Waals surface area contributed by atoms with Gasteiger partial charge < -0.3 is 20.6 Å². The van der Waals surface area contributed by atoms with Crippen molar-refractivity contribution in [2.75, 3.05) is 31.5 Å². The molecule has 1 fully saturated rings. The van der Waals surface area contributed by atoms with Crippen LogP contribution in [0.3, 0.4) is 0 Å². The Bertz CT molecular complexity index is 1840. The fourth-order valence-electron chi connectivity index (χ4n) is 4.77. The maximum Gasteiger partial charge on any atom is 0.435 e. The van der Waals surface area contributed by atoms with Crippen LogP contribution in [0.15, 0.2) is 55.2 Å². The summed E-state index contributed by atoms with van der Waals surface area (Å²) in [6.45, 7) is 4.11. The highest BCUT2D eigenvalue weighted by Gasteiger charge is 2.38. The number of halogens is 4. The van der Waals surface area contributed by atoms with Gasteiger partial charge in [0.05, 0.1) is 28.0 Å². The van der Waals surface area contributed by atoms with Gasteiger partial charge in [-0.15, -0.1) is 0 Å². The van der Waals surface area contributed by atoms with Crippen LogP contribution in [0.2, 0.25) is 5.02 Å². The number of amides is 1. The Kier molecular flexibility index (Phi) is 9.24. The number of carbonyl (C=O) groups excluding carboxylic acids is 1. The van der Waals surface area contributed by atoms with Gasteiger partial charge >= 0.3 is 6.18 Å². The zero-order valence-electron chi connectivity index (χ0n) is 23.7. The first-order valence-corrected chi connectivity index (χ1v) is 13.9. The number of benzene rings is 1. The molecule has 1 aliphatic rings. The molecule has 17 heteroatoms. The van der Waals surface area contributed by atoms with Gasteiger partial charge in [-0.3, -0.25) is 18.7 Å². The van der Waals surface area contributed by atoms with Crippen molar-refractivity contribution >= 4 is 41.1 Å². The number of piperazine rings is 1. The molecule has 5 heterocycles. The third kappa shape index (κ3) is 7.02. The van der Waals surface area contributed by atoms with Crippen LogP contribution in [0.4, 0.5) is 24.7 Å². The SMILES string of the molecule is Cc1ccnc(Cn2cc(-c3cnc4c(Nc5ccc(C(=O)N6CCNCC6)c(Cl)c5)nccn34)c(C(F)(F)F)n2)n1.O=CO. The van der Waals surface area contributed by atoms with Crippen molar-refractivity contribution in [3.63, 3.8) is 0 Å². The van der Waals surface area contributed by atoms with Crippen molar-refractivity contribution in [3.05, 3.63) is 83.0 Å². The molecule has 0 atom stereocenters. The fraction of sp³-hybridized carbons (Fsp3) is 0.250. The van der Waals surface area contributed by atoms with Crippen LogP contribution in [-0.2, 0) is 17.5 Å².